The van der Waals surface area contributed by atoms with Crippen molar-refractivity contribution in [3.63, 3.8) is 0 Å². The first kappa shape index (κ1) is 21.6. The maximum absolute atomic E-state index is 12.4. The van der Waals surface area contributed by atoms with Crippen LogP contribution in [0.4, 0.5) is 0 Å². The number of hydrogen-bond donors (Lipinski definition) is 1. The second kappa shape index (κ2) is 8.16. The van der Waals surface area contributed by atoms with Gasteiger partial charge in [-0.25, -0.2) is 0 Å². The van der Waals surface area contributed by atoms with E-state index in [1.807, 2.05) is 13.0 Å². The lowest BCUT2D eigenvalue weighted by Crippen LogP contribution is -2.58. The summed E-state index contributed by atoms with van der Waals surface area (Å²) in [5.41, 5.74) is 1.50. The third-order valence-corrected chi connectivity index (χ3v) is 8.13. The van der Waals surface area contributed by atoms with E-state index in [2.05, 4.69) is 56.4 Å². The summed E-state index contributed by atoms with van der Waals surface area (Å²) in [6.07, 6.45) is 4.06. The molecule has 2 saturated carbocycles. The Kier molecular flexibility index (Phi) is 5.88. The number of nitrogens with zero attached hydrogens (tertiary/aromatic N) is 1. The van der Waals surface area contributed by atoms with Crippen LogP contribution < -0.4 is 10.1 Å². The number of amides is 1. The fourth-order valence-corrected chi connectivity index (χ4v) is 6.51. The Morgan fingerprint density at radius 3 is 2.87 bits per heavy atom. The first-order valence-corrected chi connectivity index (χ1v) is 11.6. The van der Waals surface area contributed by atoms with Crippen molar-refractivity contribution in [3.8, 4) is 5.75 Å². The van der Waals surface area contributed by atoms with Gasteiger partial charge in [0.1, 0.15) is 12.4 Å². The summed E-state index contributed by atoms with van der Waals surface area (Å²) in [5.74, 6) is 2.17. The van der Waals surface area contributed by atoms with Gasteiger partial charge in [0, 0.05) is 25.6 Å². The molecule has 5 nitrogen and oxygen atoms in total. The molecule has 0 aromatic heterocycles. The SMILES string of the molecule is CCC(=O)N[C@H]1C(C)(C)[C@@H]2C[C@@H]3[C@@H](c4cccc(OCCN(C)C)c4)OCCC31C2. The van der Waals surface area contributed by atoms with Crippen molar-refractivity contribution in [2.75, 3.05) is 33.9 Å². The van der Waals surface area contributed by atoms with Crippen molar-refractivity contribution >= 4 is 5.91 Å². The summed E-state index contributed by atoms with van der Waals surface area (Å²) in [5, 5.41) is 3.44. The molecule has 3 fully saturated rings. The number of carbonyl (C=O) groups excluding carboxylic acids is 1. The molecule has 2 aliphatic carbocycles. The Morgan fingerprint density at radius 1 is 1.33 bits per heavy atom. The highest BCUT2D eigenvalue weighted by Crippen LogP contribution is 2.70. The number of hydrogen-bond acceptors (Lipinski definition) is 4. The van der Waals surface area contributed by atoms with Gasteiger partial charge in [0.05, 0.1) is 6.10 Å². The summed E-state index contributed by atoms with van der Waals surface area (Å²) in [6.45, 7) is 8.98. The predicted molar refractivity (Wildman–Crippen MR) is 118 cm³/mol. The van der Waals surface area contributed by atoms with E-state index < -0.39 is 0 Å². The Bertz CT molecular complexity index is 777. The number of likely N-dealkylation sites (N-methyl/N-ethyl adjacent to an activating group) is 1. The third kappa shape index (κ3) is 3.64. The highest BCUT2D eigenvalue weighted by atomic mass is 16.5. The highest BCUT2D eigenvalue weighted by molar-refractivity contribution is 5.76. The molecule has 1 heterocycles. The van der Waals surface area contributed by atoms with Gasteiger partial charge in [0.15, 0.2) is 0 Å². The number of ether oxygens (including phenoxy) is 2. The fraction of sp³-hybridized carbons (Fsp3) is 0.720. The van der Waals surface area contributed by atoms with Gasteiger partial charge in [0.25, 0.3) is 0 Å². The van der Waals surface area contributed by atoms with Gasteiger partial charge in [-0.05, 0) is 73.7 Å². The van der Waals surface area contributed by atoms with Gasteiger partial charge in [-0.2, -0.15) is 0 Å². The minimum Gasteiger partial charge on any atom is -0.492 e. The van der Waals surface area contributed by atoms with Crippen LogP contribution in [-0.2, 0) is 9.53 Å². The zero-order valence-electron chi connectivity index (χ0n) is 19.2. The molecule has 1 aromatic rings. The van der Waals surface area contributed by atoms with Gasteiger partial charge in [-0.1, -0.05) is 32.9 Å². The molecular weight excluding hydrogens is 376 g/mol. The number of carbonyl (C=O) groups is 1. The lowest BCUT2D eigenvalue weighted by molar-refractivity contribution is -0.137. The monoisotopic (exact) mass is 414 g/mol. The molecule has 4 rings (SSSR count). The van der Waals surface area contributed by atoms with Gasteiger partial charge in [-0.3, -0.25) is 4.79 Å². The van der Waals surface area contributed by atoms with E-state index in [0.717, 1.165) is 25.3 Å². The molecule has 5 heteroatoms. The van der Waals surface area contributed by atoms with E-state index in [-0.39, 0.29) is 28.9 Å². The molecule has 166 valence electrons. The van der Waals surface area contributed by atoms with Crippen molar-refractivity contribution < 1.29 is 14.3 Å². The van der Waals surface area contributed by atoms with E-state index >= 15 is 0 Å². The Labute approximate surface area is 181 Å². The van der Waals surface area contributed by atoms with Crippen LogP contribution >= 0.6 is 0 Å². The van der Waals surface area contributed by atoms with E-state index in [1.54, 1.807) is 0 Å². The number of benzene rings is 1. The normalized spacial score (nSPS) is 34.1. The second-order valence-electron chi connectivity index (χ2n) is 10.4. The van der Waals surface area contributed by atoms with E-state index in [1.165, 1.54) is 18.4 Å². The molecule has 2 bridgehead atoms. The van der Waals surface area contributed by atoms with Crippen molar-refractivity contribution in [2.24, 2.45) is 22.7 Å². The van der Waals surface area contributed by atoms with Gasteiger partial charge >= 0.3 is 0 Å². The van der Waals surface area contributed by atoms with E-state index in [9.17, 15) is 4.79 Å². The first-order valence-electron chi connectivity index (χ1n) is 11.6. The molecule has 30 heavy (non-hydrogen) atoms. The van der Waals surface area contributed by atoms with Crippen LogP contribution in [0.15, 0.2) is 24.3 Å². The number of fused-ring (bicyclic) bond motifs is 1. The summed E-state index contributed by atoms with van der Waals surface area (Å²) in [7, 11) is 4.11. The molecule has 3 aliphatic rings. The first-order chi connectivity index (χ1) is 14.3. The van der Waals surface area contributed by atoms with Crippen molar-refractivity contribution in [3.05, 3.63) is 29.8 Å². The van der Waals surface area contributed by atoms with Crippen molar-refractivity contribution in [1.82, 2.24) is 10.2 Å². The average Bonchev–Trinajstić information content (AvgIpc) is 3.20. The quantitative estimate of drug-likeness (QED) is 0.732. The standard InChI is InChI=1S/C25H38N2O3/c1-6-21(28)26-23-24(2,3)18-15-20-22(30-12-10-25(20,23)16-18)17-8-7-9-19(14-17)29-13-11-27(4)5/h7-9,14,18,20,22-23H,6,10-13,15-16H2,1-5H3,(H,26,28)/t18-,20-,22-,23+,25?/m1/s1. The Balaban J connectivity index is 1.57. The van der Waals surface area contributed by atoms with Crippen LogP contribution in [0, 0.1) is 22.7 Å². The second-order valence-corrected chi connectivity index (χ2v) is 10.4. The summed E-state index contributed by atoms with van der Waals surface area (Å²) in [6, 6.07) is 8.69. The number of nitrogens with one attached hydrogen (secondary N) is 1. The summed E-state index contributed by atoms with van der Waals surface area (Å²) in [4.78, 5) is 14.5. The van der Waals surface area contributed by atoms with Crippen LogP contribution in [0.5, 0.6) is 5.75 Å². The van der Waals surface area contributed by atoms with Gasteiger partial charge in [0.2, 0.25) is 5.91 Å². The van der Waals surface area contributed by atoms with E-state index in [4.69, 9.17) is 9.47 Å². The minimum atomic E-state index is 0.0817. The Morgan fingerprint density at radius 2 is 2.13 bits per heavy atom. The highest BCUT2D eigenvalue weighted by Gasteiger charge is 2.68. The van der Waals surface area contributed by atoms with Crippen LogP contribution in [0.3, 0.4) is 0 Å². The summed E-state index contributed by atoms with van der Waals surface area (Å²) >= 11 is 0. The van der Waals surface area contributed by atoms with Crippen molar-refractivity contribution in [2.45, 2.75) is 58.6 Å². The van der Waals surface area contributed by atoms with Crippen molar-refractivity contribution in [1.29, 1.82) is 0 Å². The van der Waals surface area contributed by atoms with E-state index in [0.29, 0.717) is 24.9 Å². The van der Waals surface area contributed by atoms with Crippen LogP contribution in [-0.4, -0.2) is 50.7 Å². The zero-order chi connectivity index (χ0) is 21.5. The maximum Gasteiger partial charge on any atom is 0.219 e. The van der Waals surface area contributed by atoms with Crippen LogP contribution in [0.1, 0.15) is 58.1 Å². The minimum absolute atomic E-state index is 0.0817. The molecule has 5 atom stereocenters. The zero-order valence-corrected chi connectivity index (χ0v) is 19.2. The average molecular weight is 415 g/mol. The third-order valence-electron chi connectivity index (χ3n) is 8.13. The van der Waals surface area contributed by atoms with Crippen LogP contribution in [0.2, 0.25) is 0 Å². The lowest BCUT2D eigenvalue weighted by atomic mass is 9.59. The van der Waals surface area contributed by atoms with Gasteiger partial charge in [-0.15, -0.1) is 0 Å². The summed E-state index contributed by atoms with van der Waals surface area (Å²) < 4.78 is 12.4. The smallest absolute Gasteiger partial charge is 0.219 e. The molecule has 1 saturated heterocycles. The topological polar surface area (TPSA) is 50.8 Å². The molecule has 1 aromatic carbocycles. The maximum atomic E-state index is 12.4. The molecular formula is C25H38N2O3. The molecule has 1 aliphatic heterocycles. The molecule has 1 unspecified atom stereocenters. The molecule has 1 amide bonds. The Hall–Kier alpha value is -1.59. The fourth-order valence-electron chi connectivity index (χ4n) is 6.51. The predicted octanol–water partition coefficient (Wildman–Crippen LogP) is 4.04. The molecule has 1 N–H and O–H groups in total. The van der Waals surface area contributed by atoms with Crippen LogP contribution in [0.25, 0.3) is 0 Å². The molecule has 1 spiro atoms. The lowest BCUT2D eigenvalue weighted by Gasteiger charge is -2.53. The largest absolute Gasteiger partial charge is 0.492 e. The number of rotatable bonds is 7. The van der Waals surface area contributed by atoms with Gasteiger partial charge < -0.3 is 19.7 Å². The molecule has 0 radical (unpaired) electrons.